The molecule has 1 amide bonds. The van der Waals surface area contributed by atoms with Gasteiger partial charge in [0.2, 0.25) is 0 Å². The molecule has 8 nitrogen and oxygen atoms in total. The summed E-state index contributed by atoms with van der Waals surface area (Å²) in [7, 11) is -4.23. The van der Waals surface area contributed by atoms with Crippen molar-refractivity contribution in [1.82, 2.24) is 0 Å². The lowest BCUT2D eigenvalue weighted by Gasteiger charge is -2.12. The molecule has 1 atom stereocenters. The number of carbonyl (C=O) groups excluding carboxylic acids is 1. The topological polar surface area (TPSA) is 116 Å². The summed E-state index contributed by atoms with van der Waals surface area (Å²) in [5, 5.41) is 1.69. The van der Waals surface area contributed by atoms with Gasteiger partial charge >= 0.3 is 0 Å². The summed E-state index contributed by atoms with van der Waals surface area (Å²) in [6.45, 7) is 0. The first-order chi connectivity index (χ1) is 13.7. The predicted molar refractivity (Wildman–Crippen MR) is 108 cm³/mol. The van der Waals surface area contributed by atoms with Crippen LogP contribution in [0.3, 0.4) is 0 Å². The lowest BCUT2D eigenvalue weighted by molar-refractivity contribution is 0.102. The molecule has 0 aliphatic carbocycles. The molecule has 2 aromatic rings. The second-order valence-corrected chi connectivity index (χ2v) is 11.1. The first-order valence-corrected chi connectivity index (χ1v) is 12.1. The molecular weight excluding hydrogens is 418 g/mol. The Morgan fingerprint density at radius 1 is 1.07 bits per heavy atom. The fourth-order valence-electron chi connectivity index (χ4n) is 3.13. The minimum absolute atomic E-state index is 0.0622. The van der Waals surface area contributed by atoms with E-state index in [1.165, 1.54) is 38.5 Å². The second kappa shape index (κ2) is 8.03. The first-order valence-electron chi connectivity index (χ1n) is 8.74. The quantitative estimate of drug-likeness (QED) is 0.731. The van der Waals surface area contributed by atoms with E-state index >= 15 is 0 Å². The van der Waals surface area contributed by atoms with Gasteiger partial charge in [0.1, 0.15) is 0 Å². The number of ether oxygens (including phenoxy) is 2. The van der Waals surface area contributed by atoms with Crippen molar-refractivity contribution in [1.29, 1.82) is 0 Å². The monoisotopic (exact) mass is 439 g/mol. The fraction of sp³-hybridized carbons (Fsp3) is 0.316. The number of sulfone groups is 2. The van der Waals surface area contributed by atoms with Crippen molar-refractivity contribution in [3.05, 3.63) is 48.0 Å². The molecule has 0 aromatic heterocycles. The van der Waals surface area contributed by atoms with E-state index in [-0.39, 0.29) is 22.6 Å². The van der Waals surface area contributed by atoms with Gasteiger partial charge in [0, 0.05) is 17.3 Å². The summed E-state index contributed by atoms with van der Waals surface area (Å²) in [5.74, 6) is -0.101. The molecule has 3 rings (SSSR count). The smallest absolute Gasteiger partial charge is 0.255 e. The molecule has 29 heavy (non-hydrogen) atoms. The Kier molecular flexibility index (Phi) is 5.85. The fourth-order valence-corrected chi connectivity index (χ4v) is 7.53. The number of hydrogen-bond donors (Lipinski definition) is 1. The van der Waals surface area contributed by atoms with Crippen LogP contribution in [0.5, 0.6) is 11.5 Å². The normalized spacial score (nSPS) is 18.2. The van der Waals surface area contributed by atoms with Crippen LogP contribution in [-0.4, -0.2) is 53.7 Å². The van der Waals surface area contributed by atoms with E-state index in [0.29, 0.717) is 17.2 Å². The molecule has 1 aliphatic rings. The van der Waals surface area contributed by atoms with Gasteiger partial charge in [0.05, 0.1) is 35.9 Å². The number of amides is 1. The van der Waals surface area contributed by atoms with Gasteiger partial charge in [-0.05, 0) is 36.8 Å². The Hall–Kier alpha value is -2.59. The molecule has 1 N–H and O–H groups in total. The molecule has 1 fully saturated rings. The van der Waals surface area contributed by atoms with Crippen LogP contribution >= 0.6 is 0 Å². The molecule has 1 aliphatic heterocycles. The molecule has 0 saturated carbocycles. The van der Waals surface area contributed by atoms with E-state index in [4.69, 9.17) is 9.47 Å². The van der Waals surface area contributed by atoms with Gasteiger partial charge in [0.15, 0.2) is 31.2 Å². The molecule has 156 valence electrons. The van der Waals surface area contributed by atoms with Gasteiger partial charge in [-0.25, -0.2) is 16.8 Å². The molecule has 2 aromatic carbocycles. The third-order valence-corrected chi connectivity index (χ3v) is 8.87. The predicted octanol–water partition coefficient (Wildman–Crippen LogP) is 1.92. The summed E-state index contributed by atoms with van der Waals surface area (Å²) < 4.78 is 59.2. The number of hydrogen-bond acceptors (Lipinski definition) is 7. The summed E-state index contributed by atoms with van der Waals surface area (Å²) in [6, 6.07) is 10.4. The standard InChI is InChI=1S/C19H21NO7S2/c1-26-17-7-6-14(11-18(17)27-2)20-19(21)13-4-3-5-15(10-13)29(24,25)16-8-9-28(22,23)12-16/h3-7,10-11,16H,8-9,12H2,1-2H3,(H,20,21)/t16-/m0/s1. The highest BCUT2D eigenvalue weighted by atomic mass is 32.2. The lowest BCUT2D eigenvalue weighted by atomic mass is 10.2. The van der Waals surface area contributed by atoms with Crippen LogP contribution in [0.15, 0.2) is 47.4 Å². The van der Waals surface area contributed by atoms with Crippen molar-refractivity contribution in [2.24, 2.45) is 0 Å². The van der Waals surface area contributed by atoms with E-state index in [2.05, 4.69) is 5.32 Å². The van der Waals surface area contributed by atoms with Crippen LogP contribution in [-0.2, 0) is 19.7 Å². The van der Waals surface area contributed by atoms with Gasteiger partial charge in [0.25, 0.3) is 5.91 Å². The van der Waals surface area contributed by atoms with Gasteiger partial charge in [-0.1, -0.05) is 6.07 Å². The Bertz CT molecular complexity index is 1140. The number of benzene rings is 2. The molecule has 0 radical (unpaired) electrons. The van der Waals surface area contributed by atoms with Crippen molar-refractivity contribution in [3.8, 4) is 11.5 Å². The number of rotatable bonds is 6. The Morgan fingerprint density at radius 2 is 1.79 bits per heavy atom. The van der Waals surface area contributed by atoms with Crippen LogP contribution < -0.4 is 14.8 Å². The Labute approximate surface area is 169 Å². The van der Waals surface area contributed by atoms with Crippen molar-refractivity contribution in [2.45, 2.75) is 16.6 Å². The van der Waals surface area contributed by atoms with Crippen LogP contribution in [0.4, 0.5) is 5.69 Å². The van der Waals surface area contributed by atoms with Gasteiger partial charge in [-0.15, -0.1) is 0 Å². The summed E-state index contributed by atoms with van der Waals surface area (Å²) in [5.41, 5.74) is 0.588. The highest BCUT2D eigenvalue weighted by molar-refractivity contribution is 7.96. The number of anilines is 1. The third kappa shape index (κ3) is 4.54. The zero-order valence-corrected chi connectivity index (χ0v) is 17.5. The first kappa shape index (κ1) is 21.1. The van der Waals surface area contributed by atoms with Crippen molar-refractivity contribution in [3.63, 3.8) is 0 Å². The number of carbonyl (C=O) groups is 1. The average Bonchev–Trinajstić information content (AvgIpc) is 3.08. The van der Waals surface area contributed by atoms with Gasteiger partial charge in [-0.3, -0.25) is 4.79 Å². The second-order valence-electron chi connectivity index (χ2n) is 6.62. The summed E-state index contributed by atoms with van der Waals surface area (Å²) in [6.07, 6.45) is 0.0622. The van der Waals surface area contributed by atoms with Gasteiger partial charge in [-0.2, -0.15) is 0 Å². The van der Waals surface area contributed by atoms with Crippen molar-refractivity contribution < 1.29 is 31.1 Å². The van der Waals surface area contributed by atoms with E-state index in [1.54, 1.807) is 18.2 Å². The van der Waals surface area contributed by atoms with Crippen LogP contribution in [0.1, 0.15) is 16.8 Å². The van der Waals surface area contributed by atoms with Crippen LogP contribution in [0.25, 0.3) is 0 Å². The minimum Gasteiger partial charge on any atom is -0.493 e. The molecule has 10 heteroatoms. The third-order valence-electron chi connectivity index (χ3n) is 4.70. The van der Waals surface area contributed by atoms with E-state index in [1.807, 2.05) is 0 Å². The van der Waals surface area contributed by atoms with Gasteiger partial charge < -0.3 is 14.8 Å². The Morgan fingerprint density at radius 3 is 2.41 bits per heavy atom. The molecule has 1 saturated heterocycles. The van der Waals surface area contributed by atoms with Crippen LogP contribution in [0.2, 0.25) is 0 Å². The number of methoxy groups -OCH3 is 2. The molecule has 0 bridgehead atoms. The lowest BCUT2D eigenvalue weighted by Crippen LogP contribution is -2.23. The SMILES string of the molecule is COc1ccc(NC(=O)c2cccc(S(=O)(=O)[C@H]3CCS(=O)(=O)C3)c2)cc1OC. The van der Waals surface area contributed by atoms with E-state index in [0.717, 1.165) is 0 Å². The number of nitrogens with one attached hydrogen (secondary N) is 1. The van der Waals surface area contributed by atoms with Crippen molar-refractivity contribution >= 4 is 31.3 Å². The maximum absolute atomic E-state index is 12.8. The maximum Gasteiger partial charge on any atom is 0.255 e. The average molecular weight is 440 g/mol. The zero-order chi connectivity index (χ0) is 21.2. The molecule has 0 unspecified atom stereocenters. The highest BCUT2D eigenvalue weighted by Crippen LogP contribution is 2.30. The zero-order valence-electron chi connectivity index (χ0n) is 15.9. The molecular formula is C19H21NO7S2. The molecule has 1 heterocycles. The summed E-state index contributed by atoms with van der Waals surface area (Å²) in [4.78, 5) is 12.5. The molecule has 0 spiro atoms. The van der Waals surface area contributed by atoms with E-state index in [9.17, 15) is 21.6 Å². The summed E-state index contributed by atoms with van der Waals surface area (Å²) >= 11 is 0. The van der Waals surface area contributed by atoms with Crippen LogP contribution in [0, 0.1) is 0 Å². The Balaban J connectivity index is 1.83. The minimum atomic E-state index is -3.85. The highest BCUT2D eigenvalue weighted by Gasteiger charge is 2.38. The largest absolute Gasteiger partial charge is 0.493 e. The maximum atomic E-state index is 12.8. The van der Waals surface area contributed by atoms with E-state index < -0.39 is 36.6 Å². The van der Waals surface area contributed by atoms with Crippen molar-refractivity contribution in [2.75, 3.05) is 31.0 Å².